The summed E-state index contributed by atoms with van der Waals surface area (Å²) in [5, 5.41) is 2.04. The number of thiophene rings is 1. The van der Waals surface area contributed by atoms with E-state index in [1.54, 1.807) is 11.3 Å². The number of ether oxygens (including phenoxy) is 1. The number of carbonyl (C=O) groups is 1. The minimum Gasteiger partial charge on any atom is -0.373 e. The minimum absolute atomic E-state index is 0.0470. The second-order valence-electron chi connectivity index (χ2n) is 7.50. The molecule has 0 bridgehead atoms. The highest BCUT2D eigenvalue weighted by Gasteiger charge is 2.29. The van der Waals surface area contributed by atoms with Crippen LogP contribution in [0.5, 0.6) is 0 Å². The third-order valence-electron chi connectivity index (χ3n) is 5.63. The quantitative estimate of drug-likeness (QED) is 0.832. The summed E-state index contributed by atoms with van der Waals surface area (Å²) in [6, 6.07) is 4.29. The lowest BCUT2D eigenvalue weighted by molar-refractivity contribution is -0.0167. The van der Waals surface area contributed by atoms with Crippen molar-refractivity contribution in [3.63, 3.8) is 0 Å². The molecular formula is C21H28N4O2S. The number of fused-ring (bicyclic) bond motifs is 1. The Bertz CT molecular complexity index is 820. The minimum atomic E-state index is -0.0470. The van der Waals surface area contributed by atoms with Gasteiger partial charge in [-0.25, -0.2) is 0 Å². The Labute approximate surface area is 170 Å². The Morgan fingerprint density at radius 1 is 1.39 bits per heavy atom. The lowest BCUT2D eigenvalue weighted by Gasteiger charge is -2.33. The maximum absolute atomic E-state index is 13.0. The fraction of sp³-hybridized carbons (Fsp3) is 0.524. The number of hydrogen-bond acceptors (Lipinski definition) is 6. The van der Waals surface area contributed by atoms with Crippen LogP contribution >= 0.6 is 11.3 Å². The smallest absolute Gasteiger partial charge is 0.255 e. The third kappa shape index (κ3) is 4.12. The van der Waals surface area contributed by atoms with Crippen LogP contribution in [-0.4, -0.2) is 59.6 Å². The van der Waals surface area contributed by atoms with Crippen molar-refractivity contribution in [1.82, 2.24) is 14.8 Å². The Morgan fingerprint density at radius 2 is 2.29 bits per heavy atom. The Morgan fingerprint density at radius 3 is 3.04 bits per heavy atom. The van der Waals surface area contributed by atoms with Gasteiger partial charge in [0, 0.05) is 55.7 Å². The molecule has 0 aromatic carbocycles. The van der Waals surface area contributed by atoms with Gasteiger partial charge in [0.2, 0.25) is 0 Å². The van der Waals surface area contributed by atoms with Crippen LogP contribution in [0.25, 0.3) is 0 Å². The molecule has 6 nitrogen and oxygen atoms in total. The van der Waals surface area contributed by atoms with Crippen LogP contribution in [0.4, 0.5) is 0 Å². The second-order valence-corrected chi connectivity index (χ2v) is 8.47. The Kier molecular flexibility index (Phi) is 6.06. The molecule has 1 atom stereocenters. The predicted molar refractivity (Wildman–Crippen MR) is 110 cm³/mol. The second kappa shape index (κ2) is 8.69. The van der Waals surface area contributed by atoms with Gasteiger partial charge in [0.25, 0.3) is 5.91 Å². The molecule has 0 saturated carbocycles. The van der Waals surface area contributed by atoms with Crippen LogP contribution < -0.4 is 5.73 Å². The van der Waals surface area contributed by atoms with Gasteiger partial charge in [-0.1, -0.05) is 13.0 Å². The van der Waals surface area contributed by atoms with Gasteiger partial charge in [-0.3, -0.25) is 14.7 Å². The maximum atomic E-state index is 13.0. The summed E-state index contributed by atoms with van der Waals surface area (Å²) in [6.45, 7) is 7.09. The molecule has 0 aliphatic carbocycles. The first-order valence-corrected chi connectivity index (χ1v) is 10.9. The molecule has 2 aliphatic heterocycles. The summed E-state index contributed by atoms with van der Waals surface area (Å²) >= 11 is 1.71. The SMILES string of the molecule is CCc1ccc(CN2CCc3c(C(=O)N4CCO[C@@H](CN)C4)csc3C2)nc1. The van der Waals surface area contributed by atoms with Crippen molar-refractivity contribution in [2.45, 2.75) is 39.0 Å². The number of nitrogens with two attached hydrogens (primary N) is 1. The summed E-state index contributed by atoms with van der Waals surface area (Å²) in [6.07, 6.45) is 3.86. The van der Waals surface area contributed by atoms with Crippen molar-refractivity contribution >= 4 is 17.2 Å². The van der Waals surface area contributed by atoms with Crippen LogP contribution in [0.1, 0.15) is 39.0 Å². The maximum Gasteiger partial charge on any atom is 0.255 e. The van der Waals surface area contributed by atoms with E-state index in [0.29, 0.717) is 26.2 Å². The van der Waals surface area contributed by atoms with E-state index >= 15 is 0 Å². The number of rotatable bonds is 5. The van der Waals surface area contributed by atoms with Crippen molar-refractivity contribution in [3.05, 3.63) is 51.0 Å². The highest BCUT2D eigenvalue weighted by molar-refractivity contribution is 7.10. The average molecular weight is 401 g/mol. The molecule has 7 heteroatoms. The summed E-state index contributed by atoms with van der Waals surface area (Å²) in [5.41, 5.74) is 10.2. The van der Waals surface area contributed by atoms with Gasteiger partial charge in [-0.15, -0.1) is 11.3 Å². The normalized spacial score (nSPS) is 20.2. The predicted octanol–water partition coefficient (Wildman–Crippen LogP) is 2.06. The first kappa shape index (κ1) is 19.5. The van der Waals surface area contributed by atoms with Crippen LogP contribution in [0, 0.1) is 0 Å². The molecule has 0 radical (unpaired) electrons. The van der Waals surface area contributed by atoms with Crippen LogP contribution in [0.3, 0.4) is 0 Å². The zero-order chi connectivity index (χ0) is 19.5. The third-order valence-corrected chi connectivity index (χ3v) is 6.64. The molecule has 150 valence electrons. The Hall–Kier alpha value is -1.80. The molecule has 0 unspecified atom stereocenters. The molecule has 2 N–H and O–H groups in total. The molecule has 2 aromatic heterocycles. The van der Waals surface area contributed by atoms with Gasteiger partial charge >= 0.3 is 0 Å². The number of nitrogens with zero attached hydrogens (tertiary/aromatic N) is 3. The molecule has 4 rings (SSSR count). The van der Waals surface area contributed by atoms with Crippen LogP contribution in [0.15, 0.2) is 23.7 Å². The molecule has 0 spiro atoms. The van der Waals surface area contributed by atoms with E-state index in [2.05, 4.69) is 28.9 Å². The van der Waals surface area contributed by atoms with Crippen molar-refractivity contribution in [1.29, 1.82) is 0 Å². The van der Waals surface area contributed by atoms with Gasteiger partial charge in [0.05, 0.1) is 24.0 Å². The van der Waals surface area contributed by atoms with Gasteiger partial charge in [-0.2, -0.15) is 0 Å². The van der Waals surface area contributed by atoms with Crippen molar-refractivity contribution in [3.8, 4) is 0 Å². The highest BCUT2D eigenvalue weighted by atomic mass is 32.1. The fourth-order valence-electron chi connectivity index (χ4n) is 3.90. The fourth-order valence-corrected chi connectivity index (χ4v) is 5.01. The molecule has 4 heterocycles. The van der Waals surface area contributed by atoms with Crippen molar-refractivity contribution < 1.29 is 9.53 Å². The van der Waals surface area contributed by atoms with Gasteiger partial charge in [-0.05, 0) is 30.0 Å². The van der Waals surface area contributed by atoms with E-state index in [4.69, 9.17) is 10.5 Å². The first-order chi connectivity index (χ1) is 13.7. The van der Waals surface area contributed by atoms with E-state index in [1.807, 2.05) is 16.5 Å². The number of aromatic nitrogens is 1. The summed E-state index contributed by atoms with van der Waals surface area (Å²) in [5.74, 6) is 0.129. The average Bonchev–Trinajstić information content (AvgIpc) is 3.17. The number of morpholine rings is 1. The molecule has 1 fully saturated rings. The van der Waals surface area contributed by atoms with Crippen molar-refractivity contribution in [2.75, 3.05) is 32.8 Å². The van der Waals surface area contributed by atoms with Crippen LogP contribution in [0.2, 0.25) is 0 Å². The molecule has 28 heavy (non-hydrogen) atoms. The number of carbonyl (C=O) groups excluding carboxylic acids is 1. The zero-order valence-electron chi connectivity index (χ0n) is 16.4. The molecule has 1 amide bonds. The Balaban J connectivity index is 1.42. The van der Waals surface area contributed by atoms with E-state index in [-0.39, 0.29) is 12.0 Å². The summed E-state index contributed by atoms with van der Waals surface area (Å²) in [4.78, 5) is 23.3. The lowest BCUT2D eigenvalue weighted by atomic mass is 10.0. The number of hydrogen-bond donors (Lipinski definition) is 1. The first-order valence-electron chi connectivity index (χ1n) is 10.0. The summed E-state index contributed by atoms with van der Waals surface area (Å²) in [7, 11) is 0. The summed E-state index contributed by atoms with van der Waals surface area (Å²) < 4.78 is 5.59. The standard InChI is InChI=1S/C21H28N4O2S/c1-2-15-3-4-16(23-10-15)11-24-6-5-18-19(14-28-20(18)13-24)21(26)25-7-8-27-17(9-22)12-25/h3-4,10,14,17H,2,5-9,11-13,22H2,1H3/t17-/m0/s1. The van der Waals surface area contributed by atoms with E-state index in [1.165, 1.54) is 16.0 Å². The largest absolute Gasteiger partial charge is 0.373 e. The number of pyridine rings is 1. The van der Waals surface area contributed by atoms with E-state index in [0.717, 1.165) is 43.7 Å². The van der Waals surface area contributed by atoms with E-state index in [9.17, 15) is 4.79 Å². The topological polar surface area (TPSA) is 71.7 Å². The van der Waals surface area contributed by atoms with Gasteiger partial charge in [0.1, 0.15) is 0 Å². The van der Waals surface area contributed by atoms with Gasteiger partial charge < -0.3 is 15.4 Å². The highest BCUT2D eigenvalue weighted by Crippen LogP contribution is 2.30. The van der Waals surface area contributed by atoms with Crippen LogP contribution in [-0.2, 0) is 30.7 Å². The number of aryl methyl sites for hydroxylation is 1. The van der Waals surface area contributed by atoms with Crippen molar-refractivity contribution in [2.24, 2.45) is 5.73 Å². The van der Waals surface area contributed by atoms with E-state index < -0.39 is 0 Å². The zero-order valence-corrected chi connectivity index (χ0v) is 17.2. The number of amides is 1. The molecule has 1 saturated heterocycles. The molecule has 2 aromatic rings. The van der Waals surface area contributed by atoms with Gasteiger partial charge in [0.15, 0.2) is 0 Å². The molecular weight excluding hydrogens is 372 g/mol. The molecule has 2 aliphatic rings. The monoisotopic (exact) mass is 400 g/mol. The lowest BCUT2D eigenvalue weighted by Crippen LogP contribution is -2.48.